The van der Waals surface area contributed by atoms with Crippen molar-refractivity contribution >= 4 is 44.5 Å². The zero-order valence-electron chi connectivity index (χ0n) is 7.27. The predicted molar refractivity (Wildman–Crippen MR) is 63.7 cm³/mol. The summed E-state index contributed by atoms with van der Waals surface area (Å²) in [7, 11) is 0. The summed E-state index contributed by atoms with van der Waals surface area (Å²) >= 11 is 5.35. The second kappa shape index (κ2) is 5.14. The Bertz CT molecular complexity index is 281. The van der Waals surface area contributed by atoms with Crippen molar-refractivity contribution in [1.82, 2.24) is 0 Å². The van der Waals surface area contributed by atoms with E-state index in [0.717, 1.165) is 22.8 Å². The molecule has 1 aliphatic heterocycles. The lowest BCUT2D eigenvalue weighted by Crippen LogP contribution is -1.94. The van der Waals surface area contributed by atoms with Crippen LogP contribution in [0.25, 0.3) is 0 Å². The third-order valence-corrected chi connectivity index (χ3v) is 3.30. The molecule has 0 atom stereocenters. The molecule has 1 heterocycles. The molecule has 0 saturated heterocycles. The molecule has 1 rings (SSSR count). The quantitative estimate of drug-likeness (QED) is 0.569. The maximum Gasteiger partial charge on any atom is 0.350 e. The summed E-state index contributed by atoms with van der Waals surface area (Å²) in [6.07, 6.45) is 5.00. The third-order valence-electron chi connectivity index (χ3n) is 1.67. The smallest absolute Gasteiger partial charge is 0.350 e. The van der Waals surface area contributed by atoms with Gasteiger partial charge in [0, 0.05) is 9.66 Å². The van der Waals surface area contributed by atoms with Crippen molar-refractivity contribution in [1.29, 1.82) is 0 Å². The number of carbonyl (C=O) groups excluding carboxylic acids is 1. The predicted octanol–water partition coefficient (Wildman–Crippen LogP) is 3.66. The number of rotatable bonds is 3. The molecule has 0 fully saturated rings. The fraction of sp³-hybridized carbons (Fsp3) is 0.444. The fourth-order valence-electron chi connectivity index (χ4n) is 0.941. The number of esters is 1. The number of unbranched alkanes of at least 4 members (excludes halogenated alkanes) is 1. The number of ether oxygens (including phenoxy) is 1. The van der Waals surface area contributed by atoms with Crippen LogP contribution in [-0.4, -0.2) is 5.97 Å². The molecule has 13 heavy (non-hydrogen) atoms. The van der Waals surface area contributed by atoms with Gasteiger partial charge in [0.05, 0.1) is 0 Å². The first-order chi connectivity index (χ1) is 6.15. The van der Waals surface area contributed by atoms with Crippen LogP contribution in [0.15, 0.2) is 19.9 Å². The lowest BCUT2D eigenvalue weighted by atomic mass is 10.2. The summed E-state index contributed by atoms with van der Waals surface area (Å²) in [5.74, 6) is 0.409. The van der Waals surface area contributed by atoms with Crippen LogP contribution in [0.4, 0.5) is 0 Å². The van der Waals surface area contributed by atoms with Crippen molar-refractivity contribution in [2.45, 2.75) is 26.2 Å². The van der Waals surface area contributed by atoms with Crippen molar-refractivity contribution in [3.63, 3.8) is 0 Å². The average molecular weight is 357 g/mol. The van der Waals surface area contributed by atoms with E-state index in [2.05, 4.69) is 45.4 Å². The molecule has 72 valence electrons. The van der Waals surface area contributed by atoms with Crippen LogP contribution in [-0.2, 0) is 9.53 Å². The fourth-order valence-corrected chi connectivity index (χ4v) is 1.88. The first-order valence-electron chi connectivity index (χ1n) is 4.13. The largest absolute Gasteiger partial charge is 0.422 e. The van der Waals surface area contributed by atoms with Crippen molar-refractivity contribution in [2.75, 3.05) is 0 Å². The number of hydrogen-bond acceptors (Lipinski definition) is 2. The van der Waals surface area contributed by atoms with Crippen molar-refractivity contribution in [2.24, 2.45) is 0 Å². The molecule has 0 aromatic carbocycles. The molecule has 0 bridgehead atoms. The van der Waals surface area contributed by atoms with Gasteiger partial charge in [-0.2, -0.15) is 0 Å². The van der Waals surface area contributed by atoms with Gasteiger partial charge in [-0.05, 0) is 51.4 Å². The van der Waals surface area contributed by atoms with Crippen LogP contribution in [0.5, 0.6) is 0 Å². The average Bonchev–Trinajstić information content (AvgIpc) is 2.43. The topological polar surface area (TPSA) is 26.3 Å². The van der Waals surface area contributed by atoms with E-state index in [1.54, 1.807) is 6.08 Å². The van der Waals surface area contributed by atoms with E-state index in [4.69, 9.17) is 4.74 Å². The number of cyclic esters (lactones) is 1. The Morgan fingerprint density at radius 1 is 1.69 bits per heavy atom. The molecule has 0 spiro atoms. The number of allylic oxidation sites excluding steroid dienone is 2. The highest BCUT2D eigenvalue weighted by atomic mass is 127. The summed E-state index contributed by atoms with van der Waals surface area (Å²) in [4.78, 5) is 11.0. The number of carbonyl (C=O) groups is 1. The van der Waals surface area contributed by atoms with Crippen LogP contribution in [0.2, 0.25) is 0 Å². The van der Waals surface area contributed by atoms with E-state index in [9.17, 15) is 4.79 Å². The Balaban J connectivity index is 2.66. The van der Waals surface area contributed by atoms with Gasteiger partial charge in [0.1, 0.15) is 10.2 Å². The van der Waals surface area contributed by atoms with Crippen LogP contribution < -0.4 is 0 Å². The Morgan fingerprint density at radius 3 is 2.85 bits per heavy atom. The SMILES string of the molecule is CCCC/C(I)=C1/C=C(Br)C(=O)O1. The highest BCUT2D eigenvalue weighted by Crippen LogP contribution is 2.29. The maximum atomic E-state index is 11.0. The minimum atomic E-state index is -0.291. The number of halogens is 2. The molecule has 0 amide bonds. The molecule has 0 unspecified atom stereocenters. The van der Waals surface area contributed by atoms with Gasteiger partial charge in [0.25, 0.3) is 0 Å². The monoisotopic (exact) mass is 356 g/mol. The van der Waals surface area contributed by atoms with Gasteiger partial charge in [-0.1, -0.05) is 13.3 Å². The van der Waals surface area contributed by atoms with Gasteiger partial charge in [-0.3, -0.25) is 0 Å². The van der Waals surface area contributed by atoms with E-state index in [-0.39, 0.29) is 5.97 Å². The van der Waals surface area contributed by atoms with E-state index in [1.807, 2.05) is 0 Å². The Labute approximate surface area is 99.7 Å². The van der Waals surface area contributed by atoms with Crippen LogP contribution in [0.1, 0.15) is 26.2 Å². The standard InChI is InChI=1S/C9H10BrIO2/c1-2-3-4-7(11)8-5-6(10)9(12)13-8/h5H,2-4H2,1H3/b8-7+. The van der Waals surface area contributed by atoms with Crippen molar-refractivity contribution in [3.05, 3.63) is 19.9 Å². The molecule has 1 aliphatic rings. The van der Waals surface area contributed by atoms with Gasteiger partial charge in [-0.25, -0.2) is 4.79 Å². The first-order valence-corrected chi connectivity index (χ1v) is 6.00. The molecule has 0 saturated carbocycles. The second-order valence-corrected chi connectivity index (χ2v) is 4.91. The molecule has 0 aliphatic carbocycles. The Kier molecular flexibility index (Phi) is 4.45. The van der Waals surface area contributed by atoms with Gasteiger partial charge in [0.15, 0.2) is 0 Å². The molecule has 0 aromatic rings. The molecule has 4 heteroatoms. The lowest BCUT2D eigenvalue weighted by molar-refractivity contribution is -0.132. The summed E-state index contributed by atoms with van der Waals surface area (Å²) in [6.45, 7) is 2.14. The summed E-state index contributed by atoms with van der Waals surface area (Å²) in [5, 5.41) is 0. The highest BCUT2D eigenvalue weighted by Gasteiger charge is 2.20. The highest BCUT2D eigenvalue weighted by molar-refractivity contribution is 14.1. The van der Waals surface area contributed by atoms with Crippen molar-refractivity contribution < 1.29 is 9.53 Å². The summed E-state index contributed by atoms with van der Waals surface area (Å²) < 4.78 is 6.65. The summed E-state index contributed by atoms with van der Waals surface area (Å²) in [6, 6.07) is 0. The van der Waals surface area contributed by atoms with Crippen LogP contribution >= 0.6 is 38.5 Å². The van der Waals surface area contributed by atoms with Gasteiger partial charge in [-0.15, -0.1) is 0 Å². The zero-order valence-corrected chi connectivity index (χ0v) is 11.0. The Hall–Kier alpha value is 0.160. The third kappa shape index (κ3) is 3.09. The normalized spacial score (nSPS) is 19.9. The van der Waals surface area contributed by atoms with Crippen LogP contribution in [0.3, 0.4) is 0 Å². The second-order valence-electron chi connectivity index (χ2n) is 2.75. The molecule has 0 N–H and O–H groups in total. The lowest BCUT2D eigenvalue weighted by Gasteiger charge is -2.00. The summed E-state index contributed by atoms with van der Waals surface area (Å²) in [5.41, 5.74) is 0. The van der Waals surface area contributed by atoms with Crippen LogP contribution in [0, 0.1) is 0 Å². The minimum Gasteiger partial charge on any atom is -0.422 e. The van der Waals surface area contributed by atoms with Gasteiger partial charge < -0.3 is 4.74 Å². The first kappa shape index (κ1) is 11.2. The van der Waals surface area contributed by atoms with E-state index >= 15 is 0 Å². The van der Waals surface area contributed by atoms with E-state index in [0.29, 0.717) is 10.2 Å². The molecular formula is C9H10BrIO2. The molecule has 0 radical (unpaired) electrons. The Morgan fingerprint density at radius 2 is 2.38 bits per heavy atom. The zero-order chi connectivity index (χ0) is 9.84. The van der Waals surface area contributed by atoms with E-state index in [1.165, 1.54) is 0 Å². The van der Waals surface area contributed by atoms with Gasteiger partial charge in [0.2, 0.25) is 0 Å². The molecule has 2 nitrogen and oxygen atoms in total. The molecular weight excluding hydrogens is 347 g/mol. The number of hydrogen-bond donors (Lipinski definition) is 0. The maximum absolute atomic E-state index is 11.0. The minimum absolute atomic E-state index is 0.291. The van der Waals surface area contributed by atoms with E-state index < -0.39 is 0 Å². The molecule has 0 aromatic heterocycles. The van der Waals surface area contributed by atoms with Crippen molar-refractivity contribution in [3.8, 4) is 0 Å². The van der Waals surface area contributed by atoms with Gasteiger partial charge >= 0.3 is 5.97 Å².